The van der Waals surface area contributed by atoms with Crippen LogP contribution in [0, 0.1) is 0 Å². The Bertz CT molecular complexity index is 2210. The topological polar surface area (TPSA) is 128 Å². The maximum atomic E-state index is 12.0. The van der Waals surface area contributed by atoms with Crippen molar-refractivity contribution < 1.29 is 15.1 Å². The molecule has 4 N–H and O–H groups in total. The zero-order valence-corrected chi connectivity index (χ0v) is 41.7. The summed E-state index contributed by atoms with van der Waals surface area (Å²) in [6.45, 7) is 14.5. The second kappa shape index (κ2) is 29.6. The molecule has 11 heteroatoms. The third-order valence-electron chi connectivity index (χ3n) is 13.4. The minimum Gasteiger partial charge on any atom is -0.412 e. The average molecular weight is 955 g/mol. The van der Waals surface area contributed by atoms with E-state index in [-0.39, 0.29) is 29.4 Å². The van der Waals surface area contributed by atoms with E-state index in [1.807, 2.05) is 24.3 Å². The van der Waals surface area contributed by atoms with Gasteiger partial charge in [-0.25, -0.2) is 0 Å². The minimum absolute atomic E-state index is 0. The second-order valence-electron chi connectivity index (χ2n) is 18.4. The van der Waals surface area contributed by atoms with Crippen LogP contribution in [0.1, 0.15) is 85.0 Å². The number of nitrogens with one attached hydrogen (secondary N) is 2. The summed E-state index contributed by atoms with van der Waals surface area (Å²) < 4.78 is 0. The molecule has 2 atom stereocenters. The summed E-state index contributed by atoms with van der Waals surface area (Å²) in [4.78, 5) is 42.6. The number of hydrogen-bond acceptors (Lipinski definition) is 8. The van der Waals surface area contributed by atoms with Gasteiger partial charge in [-0.3, -0.25) is 39.2 Å². The summed E-state index contributed by atoms with van der Waals surface area (Å²) in [7, 11) is 0. The molecule has 4 heterocycles. The molecule has 0 bridgehead atoms. The monoisotopic (exact) mass is 955 g/mol. The number of nitrogens with zero attached hydrogens (tertiary/aromatic N) is 6. The van der Waals surface area contributed by atoms with Gasteiger partial charge in [-0.15, -0.1) is 0 Å². The minimum atomic E-state index is -0.0521. The molecule has 2 amide bonds. The largest absolute Gasteiger partial charge is 0.412 e. The van der Waals surface area contributed by atoms with Crippen LogP contribution in [0.2, 0.25) is 0 Å². The molecule has 372 valence electrons. The highest BCUT2D eigenvalue weighted by molar-refractivity contribution is 5.92. The van der Waals surface area contributed by atoms with Crippen LogP contribution in [0.4, 0.5) is 0 Å². The van der Waals surface area contributed by atoms with Crippen LogP contribution in [0.25, 0.3) is 12.2 Å². The highest BCUT2D eigenvalue weighted by Crippen LogP contribution is 2.32. The van der Waals surface area contributed by atoms with Gasteiger partial charge in [0.25, 0.3) is 0 Å². The van der Waals surface area contributed by atoms with Crippen molar-refractivity contribution >= 4 is 24.0 Å². The van der Waals surface area contributed by atoms with Gasteiger partial charge in [0.2, 0.25) is 11.8 Å². The van der Waals surface area contributed by atoms with Gasteiger partial charge in [0.15, 0.2) is 0 Å². The molecule has 0 saturated carbocycles. The summed E-state index contributed by atoms with van der Waals surface area (Å²) >= 11 is 0. The Kier molecular flexibility index (Phi) is 22.4. The Balaban J connectivity index is 0.000000229. The van der Waals surface area contributed by atoms with Crippen LogP contribution in [0.5, 0.6) is 0 Å². The first-order chi connectivity index (χ1) is 34.4. The zero-order valence-electron chi connectivity index (χ0n) is 41.7. The molecule has 6 aromatic rings. The van der Waals surface area contributed by atoms with Crippen molar-refractivity contribution in [2.24, 2.45) is 0 Å². The molecule has 2 saturated heterocycles. The number of pyridine rings is 2. The van der Waals surface area contributed by atoms with Crippen LogP contribution in [0.3, 0.4) is 0 Å². The molecular weight excluding hydrogens is 881 g/mol. The van der Waals surface area contributed by atoms with E-state index in [1.54, 1.807) is 49.1 Å². The number of unbranched alkanes of at least 4 members (excludes halogenated alkanes) is 2. The molecule has 71 heavy (non-hydrogen) atoms. The molecule has 8 rings (SSSR count). The van der Waals surface area contributed by atoms with Crippen LogP contribution < -0.4 is 10.6 Å². The van der Waals surface area contributed by atoms with E-state index in [1.165, 1.54) is 22.3 Å². The summed E-state index contributed by atoms with van der Waals surface area (Å²) in [6.07, 6.45) is 17.8. The van der Waals surface area contributed by atoms with Gasteiger partial charge in [-0.1, -0.05) is 133 Å². The molecule has 2 aliphatic rings. The van der Waals surface area contributed by atoms with Crippen LogP contribution in [0.15, 0.2) is 183 Å². The molecule has 2 aromatic heterocycles. The molecule has 2 aliphatic heterocycles. The summed E-state index contributed by atoms with van der Waals surface area (Å²) in [5.74, 6) is -0.104. The quantitative estimate of drug-likeness (QED) is 0.0575. The molecule has 0 radical (unpaired) electrons. The highest BCUT2D eigenvalue weighted by Gasteiger charge is 2.31. The molecular formula is C60H74N8O3. The van der Waals surface area contributed by atoms with Gasteiger partial charge in [-0.2, -0.15) is 0 Å². The lowest BCUT2D eigenvalue weighted by Crippen LogP contribution is -2.53. The molecule has 2 fully saturated rings. The van der Waals surface area contributed by atoms with Crippen LogP contribution in [-0.4, -0.2) is 124 Å². The predicted molar refractivity (Wildman–Crippen MR) is 289 cm³/mol. The molecule has 4 aromatic carbocycles. The first kappa shape index (κ1) is 53.7. The Morgan fingerprint density at radius 3 is 1.17 bits per heavy atom. The third-order valence-corrected chi connectivity index (χ3v) is 13.4. The van der Waals surface area contributed by atoms with E-state index >= 15 is 0 Å². The van der Waals surface area contributed by atoms with Crippen LogP contribution >= 0.6 is 0 Å². The number of benzene rings is 4. The van der Waals surface area contributed by atoms with Gasteiger partial charge >= 0.3 is 0 Å². The van der Waals surface area contributed by atoms with Crippen molar-refractivity contribution in [3.63, 3.8) is 0 Å². The number of amides is 2. The normalized spacial score (nSPS) is 16.9. The van der Waals surface area contributed by atoms with Gasteiger partial charge < -0.3 is 16.1 Å². The molecule has 0 spiro atoms. The van der Waals surface area contributed by atoms with Crippen molar-refractivity contribution in [1.29, 1.82) is 0 Å². The predicted octanol–water partition coefficient (Wildman–Crippen LogP) is 8.75. The van der Waals surface area contributed by atoms with Crippen molar-refractivity contribution in [2.75, 3.05) is 65.4 Å². The second-order valence-corrected chi connectivity index (χ2v) is 18.4. The van der Waals surface area contributed by atoms with Crippen molar-refractivity contribution in [1.82, 2.24) is 40.2 Å². The Morgan fingerprint density at radius 2 is 0.859 bits per heavy atom. The number of hydrogen-bond donors (Lipinski definition) is 2. The van der Waals surface area contributed by atoms with Gasteiger partial charge in [0, 0.05) is 101 Å². The zero-order chi connectivity index (χ0) is 48.6. The molecule has 0 aliphatic carbocycles. The lowest BCUT2D eigenvalue weighted by molar-refractivity contribution is -0.117. The fourth-order valence-corrected chi connectivity index (χ4v) is 9.66. The fourth-order valence-electron chi connectivity index (χ4n) is 9.66. The van der Waals surface area contributed by atoms with Crippen molar-refractivity contribution in [2.45, 2.75) is 63.7 Å². The first-order valence-corrected chi connectivity index (χ1v) is 25.3. The van der Waals surface area contributed by atoms with Crippen molar-refractivity contribution in [3.8, 4) is 0 Å². The Labute approximate surface area is 422 Å². The summed E-state index contributed by atoms with van der Waals surface area (Å²) in [5, 5.41) is 5.97. The van der Waals surface area contributed by atoms with Crippen molar-refractivity contribution in [3.05, 3.63) is 216 Å². The number of aromatic nitrogens is 2. The van der Waals surface area contributed by atoms with E-state index in [2.05, 4.69) is 175 Å². The van der Waals surface area contributed by atoms with E-state index in [9.17, 15) is 9.59 Å². The maximum absolute atomic E-state index is 12.0. The van der Waals surface area contributed by atoms with Gasteiger partial charge in [0.1, 0.15) is 0 Å². The highest BCUT2D eigenvalue weighted by atomic mass is 16.2. The van der Waals surface area contributed by atoms with Gasteiger partial charge in [-0.05, 0) is 110 Å². The number of carbonyl (C=O) groups excluding carboxylic acids is 2. The smallest absolute Gasteiger partial charge is 0.243 e. The average Bonchev–Trinajstić information content (AvgIpc) is 3.40. The number of piperazine rings is 2. The number of rotatable bonds is 20. The molecule has 11 nitrogen and oxygen atoms in total. The standard InChI is InChI=1S/2C30H36N4O.H2O/c2*1-25-24-34(30(27-12-4-2-5-13-27)28-14-6-3-7-15-28)22-21-33(25)20-9-8-19-32-29(35)17-16-26-11-10-18-31-23-26;/h2*2-7,10-18,23,25,30H,8-9,19-22,24H2,1H3,(H,32,35);1H2/b2*17-16+;. The third kappa shape index (κ3) is 17.3. The summed E-state index contributed by atoms with van der Waals surface area (Å²) in [6, 6.07) is 52.6. The summed E-state index contributed by atoms with van der Waals surface area (Å²) in [5.41, 5.74) is 7.27. The van der Waals surface area contributed by atoms with E-state index < -0.39 is 0 Å². The van der Waals surface area contributed by atoms with E-state index in [4.69, 9.17) is 0 Å². The van der Waals surface area contributed by atoms with Crippen LogP contribution in [-0.2, 0) is 9.59 Å². The lowest BCUT2D eigenvalue weighted by atomic mass is 9.95. The van der Waals surface area contributed by atoms with E-state index in [0.29, 0.717) is 25.2 Å². The fraction of sp³-hybridized carbons (Fsp3) is 0.333. The molecule has 2 unspecified atom stereocenters. The maximum Gasteiger partial charge on any atom is 0.243 e. The lowest BCUT2D eigenvalue weighted by Gasteiger charge is -2.43. The number of carbonyl (C=O) groups is 2. The SMILES string of the molecule is CC1CN(C(c2ccccc2)c2ccccc2)CCN1CCCCNC(=O)/C=C/c1cccnc1.CC1CN(C(c2ccccc2)c2ccccc2)CCN1CCCCNC(=O)/C=C/c1cccnc1.O. The Hall–Kier alpha value is -6.60. The van der Waals surface area contributed by atoms with Gasteiger partial charge in [0.05, 0.1) is 12.1 Å². The first-order valence-electron chi connectivity index (χ1n) is 25.3. The van der Waals surface area contributed by atoms with E-state index in [0.717, 1.165) is 89.2 Å². The Morgan fingerprint density at radius 1 is 0.507 bits per heavy atom.